The topological polar surface area (TPSA) is 29.3 Å². The molecule has 0 fully saturated rings. The molecule has 19 heavy (non-hydrogen) atoms. The lowest BCUT2D eigenvalue weighted by Crippen LogP contribution is -2.42. The van der Waals surface area contributed by atoms with Crippen molar-refractivity contribution < 1.29 is 0 Å². The van der Waals surface area contributed by atoms with E-state index in [2.05, 4.69) is 60.0 Å². The van der Waals surface area contributed by atoms with Gasteiger partial charge in [0.25, 0.3) is 0 Å². The van der Waals surface area contributed by atoms with Gasteiger partial charge in [0.1, 0.15) is 0 Å². The van der Waals surface area contributed by atoms with E-state index in [1.54, 1.807) is 0 Å². The highest BCUT2D eigenvalue weighted by Gasteiger charge is 2.26. The first kappa shape index (κ1) is 17.2. The van der Waals surface area contributed by atoms with Crippen LogP contribution in [0, 0.1) is 5.92 Å². The maximum atomic E-state index is 6.09. The molecule has 1 aromatic heterocycles. The summed E-state index contributed by atoms with van der Waals surface area (Å²) in [5.41, 5.74) is 6.09. The molecule has 0 saturated heterocycles. The molecule has 1 aromatic rings. The third-order valence-corrected chi connectivity index (χ3v) is 5.32. The summed E-state index contributed by atoms with van der Waals surface area (Å²) in [6, 6.07) is 3.19. The number of rotatable bonds is 8. The first-order chi connectivity index (χ1) is 9.03. The summed E-state index contributed by atoms with van der Waals surface area (Å²) in [5.74, 6) is 0.665. The fourth-order valence-electron chi connectivity index (χ4n) is 2.63. The molecular weight excluding hydrogens is 320 g/mol. The SMILES string of the molecule is CCC(CC)N(CC(C)C)C(CN)c1cc(Br)cs1. The molecule has 0 saturated carbocycles. The van der Waals surface area contributed by atoms with Crippen molar-refractivity contribution in [2.75, 3.05) is 13.1 Å². The predicted octanol–water partition coefficient (Wildman–Crippen LogP) is 4.66. The Labute approximate surface area is 130 Å². The van der Waals surface area contributed by atoms with Crippen LogP contribution in [-0.4, -0.2) is 24.0 Å². The average Bonchev–Trinajstić information content (AvgIpc) is 2.77. The van der Waals surface area contributed by atoms with Gasteiger partial charge < -0.3 is 5.73 Å². The summed E-state index contributed by atoms with van der Waals surface area (Å²) < 4.78 is 1.17. The number of thiophene rings is 1. The third-order valence-electron chi connectivity index (χ3n) is 3.53. The monoisotopic (exact) mass is 346 g/mol. The van der Waals surface area contributed by atoms with E-state index in [1.807, 2.05) is 11.3 Å². The Bertz CT molecular complexity index is 361. The minimum Gasteiger partial charge on any atom is -0.329 e. The van der Waals surface area contributed by atoms with Gasteiger partial charge in [0.15, 0.2) is 0 Å². The van der Waals surface area contributed by atoms with E-state index < -0.39 is 0 Å². The lowest BCUT2D eigenvalue weighted by Gasteiger charge is -2.37. The molecule has 1 unspecified atom stereocenters. The molecule has 2 nitrogen and oxygen atoms in total. The van der Waals surface area contributed by atoms with E-state index in [-0.39, 0.29) is 0 Å². The quantitative estimate of drug-likeness (QED) is 0.741. The highest BCUT2D eigenvalue weighted by molar-refractivity contribution is 9.10. The molecule has 2 N–H and O–H groups in total. The zero-order chi connectivity index (χ0) is 14.4. The molecule has 1 atom stereocenters. The maximum absolute atomic E-state index is 6.09. The second-order valence-corrected chi connectivity index (χ2v) is 7.34. The van der Waals surface area contributed by atoms with Crippen LogP contribution >= 0.6 is 27.3 Å². The van der Waals surface area contributed by atoms with Gasteiger partial charge in [-0.15, -0.1) is 11.3 Å². The molecule has 1 heterocycles. The highest BCUT2D eigenvalue weighted by Crippen LogP contribution is 2.32. The van der Waals surface area contributed by atoms with Crippen molar-refractivity contribution in [2.24, 2.45) is 11.7 Å². The van der Waals surface area contributed by atoms with E-state index in [4.69, 9.17) is 5.73 Å². The van der Waals surface area contributed by atoms with Gasteiger partial charge in [0, 0.05) is 33.9 Å². The molecule has 4 heteroatoms. The molecule has 0 aliphatic carbocycles. The van der Waals surface area contributed by atoms with E-state index >= 15 is 0 Å². The predicted molar refractivity (Wildman–Crippen MR) is 89.7 cm³/mol. The van der Waals surface area contributed by atoms with Gasteiger partial charge in [-0.2, -0.15) is 0 Å². The summed E-state index contributed by atoms with van der Waals surface area (Å²) >= 11 is 5.36. The Morgan fingerprint density at radius 1 is 1.32 bits per heavy atom. The fraction of sp³-hybridized carbons (Fsp3) is 0.733. The van der Waals surface area contributed by atoms with Crippen LogP contribution in [0.4, 0.5) is 0 Å². The molecular formula is C15H27BrN2S. The van der Waals surface area contributed by atoms with Crippen LogP contribution in [0.1, 0.15) is 51.5 Å². The molecule has 0 radical (unpaired) electrons. The van der Waals surface area contributed by atoms with Crippen LogP contribution in [0.2, 0.25) is 0 Å². The smallest absolute Gasteiger partial charge is 0.0567 e. The van der Waals surface area contributed by atoms with Gasteiger partial charge >= 0.3 is 0 Å². The van der Waals surface area contributed by atoms with Crippen LogP contribution in [-0.2, 0) is 0 Å². The van der Waals surface area contributed by atoms with Crippen molar-refractivity contribution in [2.45, 2.75) is 52.6 Å². The molecule has 0 aliphatic rings. The van der Waals surface area contributed by atoms with E-state index in [9.17, 15) is 0 Å². The fourth-order valence-corrected chi connectivity index (χ4v) is 4.21. The summed E-state index contributed by atoms with van der Waals surface area (Å²) in [6.07, 6.45) is 2.37. The van der Waals surface area contributed by atoms with Crippen molar-refractivity contribution in [3.63, 3.8) is 0 Å². The van der Waals surface area contributed by atoms with Crippen molar-refractivity contribution in [1.29, 1.82) is 0 Å². The number of nitrogens with two attached hydrogens (primary N) is 1. The molecule has 0 amide bonds. The Morgan fingerprint density at radius 3 is 2.32 bits per heavy atom. The van der Waals surface area contributed by atoms with Gasteiger partial charge in [-0.25, -0.2) is 0 Å². The molecule has 0 aromatic carbocycles. The summed E-state index contributed by atoms with van der Waals surface area (Å²) in [4.78, 5) is 3.99. The second-order valence-electron chi connectivity index (χ2n) is 5.48. The van der Waals surface area contributed by atoms with Crippen LogP contribution in [0.3, 0.4) is 0 Å². The first-order valence-corrected chi connectivity index (χ1v) is 8.90. The zero-order valence-electron chi connectivity index (χ0n) is 12.5. The summed E-state index contributed by atoms with van der Waals surface area (Å²) in [7, 11) is 0. The first-order valence-electron chi connectivity index (χ1n) is 7.23. The van der Waals surface area contributed by atoms with Crippen LogP contribution in [0.15, 0.2) is 15.9 Å². The van der Waals surface area contributed by atoms with Crippen LogP contribution < -0.4 is 5.73 Å². The molecule has 0 bridgehead atoms. The lowest BCUT2D eigenvalue weighted by atomic mass is 10.0. The number of nitrogens with zero attached hydrogens (tertiary/aromatic N) is 1. The van der Waals surface area contributed by atoms with Crippen LogP contribution in [0.25, 0.3) is 0 Å². The average molecular weight is 347 g/mol. The minimum absolute atomic E-state index is 0.351. The normalized spacial score (nSPS) is 13.7. The van der Waals surface area contributed by atoms with E-state index in [0.29, 0.717) is 24.5 Å². The minimum atomic E-state index is 0.351. The van der Waals surface area contributed by atoms with E-state index in [1.165, 1.54) is 22.2 Å². The molecule has 110 valence electrons. The van der Waals surface area contributed by atoms with Crippen molar-refractivity contribution in [3.8, 4) is 0 Å². The standard InChI is InChI=1S/C15H27BrN2S/c1-5-13(6-2)18(9-11(3)4)14(8-17)15-7-12(16)10-19-15/h7,10-11,13-14H,5-6,8-9,17H2,1-4H3. The number of hydrogen-bond acceptors (Lipinski definition) is 3. The van der Waals surface area contributed by atoms with Crippen LogP contribution in [0.5, 0.6) is 0 Å². The molecule has 0 spiro atoms. The van der Waals surface area contributed by atoms with E-state index in [0.717, 1.165) is 6.54 Å². The Morgan fingerprint density at radius 2 is 1.95 bits per heavy atom. The summed E-state index contributed by atoms with van der Waals surface area (Å²) in [5, 5.41) is 2.15. The Hall–Kier alpha value is 0.1000. The Kier molecular flexibility index (Phi) is 7.58. The van der Waals surface area contributed by atoms with Gasteiger partial charge in [-0.3, -0.25) is 4.90 Å². The van der Waals surface area contributed by atoms with Gasteiger partial charge in [0.2, 0.25) is 0 Å². The third kappa shape index (κ3) is 4.85. The number of halogens is 1. The molecule has 1 rings (SSSR count). The maximum Gasteiger partial charge on any atom is 0.0567 e. The van der Waals surface area contributed by atoms with Crippen molar-refractivity contribution in [1.82, 2.24) is 4.90 Å². The highest BCUT2D eigenvalue weighted by atomic mass is 79.9. The summed E-state index contributed by atoms with van der Waals surface area (Å²) in [6.45, 7) is 10.9. The largest absolute Gasteiger partial charge is 0.329 e. The lowest BCUT2D eigenvalue weighted by molar-refractivity contribution is 0.114. The van der Waals surface area contributed by atoms with Gasteiger partial charge in [-0.05, 0) is 40.8 Å². The Balaban J connectivity index is 2.98. The van der Waals surface area contributed by atoms with Crippen molar-refractivity contribution >= 4 is 27.3 Å². The van der Waals surface area contributed by atoms with Gasteiger partial charge in [-0.1, -0.05) is 27.7 Å². The van der Waals surface area contributed by atoms with Crippen molar-refractivity contribution in [3.05, 3.63) is 20.8 Å². The number of hydrogen-bond donors (Lipinski definition) is 1. The zero-order valence-corrected chi connectivity index (χ0v) is 14.9. The van der Waals surface area contributed by atoms with Gasteiger partial charge in [0.05, 0.1) is 6.04 Å². The molecule has 0 aliphatic heterocycles. The second kappa shape index (κ2) is 8.40.